The number of ether oxygens (including phenoxy) is 3. The van der Waals surface area contributed by atoms with E-state index in [1.807, 2.05) is 0 Å². The van der Waals surface area contributed by atoms with E-state index in [2.05, 4.69) is 0 Å². The second-order valence-electron chi connectivity index (χ2n) is 5.81. The molecule has 1 aliphatic heterocycles. The van der Waals surface area contributed by atoms with Crippen LogP contribution in [0.25, 0.3) is 0 Å². The fraction of sp³-hybridized carbons (Fsp3) is 0.471. The van der Waals surface area contributed by atoms with Crippen LogP contribution in [0.3, 0.4) is 0 Å². The Morgan fingerprint density at radius 2 is 1.81 bits per heavy atom. The molecular weight excluding hydrogens is 344 g/mol. The van der Waals surface area contributed by atoms with E-state index in [0.717, 1.165) is 12.8 Å². The lowest BCUT2D eigenvalue weighted by molar-refractivity contribution is -0.143. The number of carboxylic acids is 1. The zero-order valence-electron chi connectivity index (χ0n) is 14.7. The first-order valence-corrected chi connectivity index (χ1v) is 8.10. The van der Waals surface area contributed by atoms with Crippen molar-refractivity contribution in [3.8, 4) is 17.2 Å². The highest BCUT2D eigenvalue weighted by Crippen LogP contribution is 2.39. The van der Waals surface area contributed by atoms with Crippen molar-refractivity contribution in [2.75, 3.05) is 27.4 Å². The number of primary amides is 1. The standard InChI is InChI=1S/C17H22N2O7/c1-24-12-7-10(8-13(25-2)15(12)26-9-14(18)20)16(21)19-6-4-3-5-11(19)17(22)23/h7-8,11H,3-6,9H2,1-2H3,(H2,18,20)(H,22,23). The number of carbonyl (C=O) groups is 3. The largest absolute Gasteiger partial charge is 0.493 e. The number of hydrogen-bond acceptors (Lipinski definition) is 6. The minimum Gasteiger partial charge on any atom is -0.493 e. The van der Waals surface area contributed by atoms with Gasteiger partial charge in [0, 0.05) is 12.1 Å². The van der Waals surface area contributed by atoms with Crippen molar-refractivity contribution in [3.05, 3.63) is 17.7 Å². The van der Waals surface area contributed by atoms with Crippen LogP contribution in [-0.2, 0) is 9.59 Å². The van der Waals surface area contributed by atoms with Crippen LogP contribution in [0.4, 0.5) is 0 Å². The van der Waals surface area contributed by atoms with Crippen molar-refractivity contribution in [2.24, 2.45) is 5.73 Å². The number of aliphatic carboxylic acids is 1. The molecule has 1 unspecified atom stereocenters. The summed E-state index contributed by atoms with van der Waals surface area (Å²) >= 11 is 0. The van der Waals surface area contributed by atoms with Crippen molar-refractivity contribution >= 4 is 17.8 Å². The molecule has 26 heavy (non-hydrogen) atoms. The number of carboxylic acid groups (broad SMARTS) is 1. The second kappa shape index (κ2) is 8.41. The number of hydrogen-bond donors (Lipinski definition) is 2. The summed E-state index contributed by atoms with van der Waals surface area (Å²) < 4.78 is 15.8. The molecule has 0 spiro atoms. The van der Waals surface area contributed by atoms with Gasteiger partial charge in [0.05, 0.1) is 14.2 Å². The third-order valence-electron chi connectivity index (χ3n) is 4.12. The summed E-state index contributed by atoms with van der Waals surface area (Å²) in [6.07, 6.45) is 1.91. The lowest BCUT2D eigenvalue weighted by Crippen LogP contribution is -2.48. The van der Waals surface area contributed by atoms with Crippen LogP contribution in [0.5, 0.6) is 17.2 Å². The number of piperidine rings is 1. The molecule has 1 heterocycles. The van der Waals surface area contributed by atoms with E-state index in [1.54, 1.807) is 0 Å². The molecule has 0 saturated carbocycles. The predicted molar refractivity (Wildman–Crippen MR) is 90.5 cm³/mol. The van der Waals surface area contributed by atoms with Crippen LogP contribution in [-0.4, -0.2) is 61.2 Å². The zero-order valence-corrected chi connectivity index (χ0v) is 14.7. The summed E-state index contributed by atoms with van der Waals surface area (Å²) in [5.74, 6) is -1.64. The molecule has 0 aliphatic carbocycles. The maximum atomic E-state index is 12.9. The van der Waals surface area contributed by atoms with Gasteiger partial charge < -0.3 is 30.0 Å². The van der Waals surface area contributed by atoms with Crippen molar-refractivity contribution in [3.63, 3.8) is 0 Å². The highest BCUT2D eigenvalue weighted by atomic mass is 16.5. The number of benzene rings is 1. The number of nitrogens with two attached hydrogens (primary N) is 1. The van der Waals surface area contributed by atoms with E-state index in [1.165, 1.54) is 31.3 Å². The summed E-state index contributed by atoms with van der Waals surface area (Å²) in [6, 6.07) is 1.99. The van der Waals surface area contributed by atoms with Gasteiger partial charge in [0.2, 0.25) is 5.75 Å². The number of nitrogens with zero attached hydrogens (tertiary/aromatic N) is 1. The lowest BCUT2D eigenvalue weighted by Gasteiger charge is -2.33. The highest BCUT2D eigenvalue weighted by molar-refractivity contribution is 5.98. The van der Waals surface area contributed by atoms with E-state index in [0.29, 0.717) is 13.0 Å². The molecule has 1 aromatic rings. The van der Waals surface area contributed by atoms with Crippen LogP contribution in [0.15, 0.2) is 12.1 Å². The molecule has 0 bridgehead atoms. The molecule has 2 amide bonds. The normalized spacial score (nSPS) is 16.7. The highest BCUT2D eigenvalue weighted by Gasteiger charge is 2.33. The summed E-state index contributed by atoms with van der Waals surface area (Å²) in [6.45, 7) is -0.0203. The van der Waals surface area contributed by atoms with E-state index in [-0.39, 0.29) is 29.4 Å². The third-order valence-corrected chi connectivity index (χ3v) is 4.12. The van der Waals surface area contributed by atoms with Crippen molar-refractivity contribution < 1.29 is 33.7 Å². The molecular formula is C17H22N2O7. The molecule has 1 saturated heterocycles. The Morgan fingerprint density at radius 3 is 2.31 bits per heavy atom. The van der Waals surface area contributed by atoms with Crippen LogP contribution in [0.1, 0.15) is 29.6 Å². The van der Waals surface area contributed by atoms with Gasteiger partial charge in [0.1, 0.15) is 6.04 Å². The Bertz CT molecular complexity index is 679. The first kappa shape index (κ1) is 19.4. The first-order chi connectivity index (χ1) is 12.4. The maximum Gasteiger partial charge on any atom is 0.326 e. The Kier molecular flexibility index (Phi) is 6.26. The van der Waals surface area contributed by atoms with Gasteiger partial charge >= 0.3 is 5.97 Å². The fourth-order valence-electron chi connectivity index (χ4n) is 2.89. The van der Waals surface area contributed by atoms with Gasteiger partial charge in [0.25, 0.3) is 11.8 Å². The first-order valence-electron chi connectivity index (χ1n) is 8.10. The molecule has 0 radical (unpaired) electrons. The van der Waals surface area contributed by atoms with E-state index >= 15 is 0 Å². The maximum absolute atomic E-state index is 12.9. The monoisotopic (exact) mass is 366 g/mol. The zero-order chi connectivity index (χ0) is 19.3. The predicted octanol–water partition coefficient (Wildman–Crippen LogP) is 0.647. The molecule has 1 atom stereocenters. The van der Waals surface area contributed by atoms with Gasteiger partial charge in [-0.05, 0) is 31.4 Å². The average molecular weight is 366 g/mol. The number of rotatable bonds is 7. The molecule has 2 rings (SSSR count). The molecule has 1 aromatic carbocycles. The summed E-state index contributed by atoms with van der Waals surface area (Å²) in [5.41, 5.74) is 5.29. The number of amides is 2. The molecule has 3 N–H and O–H groups in total. The minimum atomic E-state index is -1.03. The number of likely N-dealkylation sites (tertiary alicyclic amines) is 1. The summed E-state index contributed by atoms with van der Waals surface area (Å²) in [5, 5.41) is 9.37. The van der Waals surface area contributed by atoms with Crippen LogP contribution < -0.4 is 19.9 Å². The molecule has 1 fully saturated rings. The quantitative estimate of drug-likeness (QED) is 0.725. The summed E-state index contributed by atoms with van der Waals surface area (Å²) in [7, 11) is 2.75. The van der Waals surface area contributed by atoms with Crippen molar-refractivity contribution in [1.29, 1.82) is 0 Å². The van der Waals surface area contributed by atoms with Gasteiger partial charge in [-0.25, -0.2) is 4.79 Å². The van der Waals surface area contributed by atoms with Gasteiger partial charge in [0.15, 0.2) is 18.1 Å². The molecule has 1 aliphatic rings. The molecule has 0 aromatic heterocycles. The van der Waals surface area contributed by atoms with E-state index in [4.69, 9.17) is 19.9 Å². The van der Waals surface area contributed by atoms with Crippen LogP contribution >= 0.6 is 0 Å². The minimum absolute atomic E-state index is 0.138. The van der Waals surface area contributed by atoms with Gasteiger partial charge in [-0.2, -0.15) is 0 Å². The molecule has 9 heteroatoms. The van der Waals surface area contributed by atoms with E-state index < -0.39 is 23.8 Å². The van der Waals surface area contributed by atoms with Gasteiger partial charge in [-0.3, -0.25) is 9.59 Å². The molecule has 9 nitrogen and oxygen atoms in total. The van der Waals surface area contributed by atoms with E-state index in [9.17, 15) is 19.5 Å². The molecule has 142 valence electrons. The number of methoxy groups -OCH3 is 2. The third kappa shape index (κ3) is 4.16. The average Bonchev–Trinajstić information content (AvgIpc) is 2.64. The smallest absolute Gasteiger partial charge is 0.326 e. The van der Waals surface area contributed by atoms with Gasteiger partial charge in [-0.1, -0.05) is 0 Å². The second-order valence-corrected chi connectivity index (χ2v) is 5.81. The Morgan fingerprint density at radius 1 is 1.19 bits per heavy atom. The Balaban J connectivity index is 2.37. The topological polar surface area (TPSA) is 128 Å². The van der Waals surface area contributed by atoms with Crippen molar-refractivity contribution in [2.45, 2.75) is 25.3 Å². The van der Waals surface area contributed by atoms with Crippen LogP contribution in [0, 0.1) is 0 Å². The lowest BCUT2D eigenvalue weighted by atomic mass is 10.0. The Hall–Kier alpha value is -2.97. The van der Waals surface area contributed by atoms with Crippen LogP contribution in [0.2, 0.25) is 0 Å². The fourth-order valence-corrected chi connectivity index (χ4v) is 2.89. The Labute approximate surface area is 150 Å². The summed E-state index contributed by atoms with van der Waals surface area (Å²) in [4.78, 5) is 36.6. The number of carbonyl (C=O) groups excluding carboxylic acids is 2. The SMILES string of the molecule is COc1cc(C(=O)N2CCCCC2C(=O)O)cc(OC)c1OCC(N)=O. The van der Waals surface area contributed by atoms with Gasteiger partial charge in [-0.15, -0.1) is 0 Å². The van der Waals surface area contributed by atoms with Crippen molar-refractivity contribution in [1.82, 2.24) is 4.90 Å².